The number of alkyl halides is 2. The number of hydrogen-bond acceptors (Lipinski definition) is 2. The minimum Gasteiger partial charge on any atom is -0.330 e. The Morgan fingerprint density at radius 3 is 2.00 bits per heavy atom. The maximum atomic E-state index is 5.78. The summed E-state index contributed by atoms with van der Waals surface area (Å²) in [6.45, 7) is 2.85. The monoisotopic (exact) mass is 549 g/mol. The Hall–Kier alpha value is 2.07. The van der Waals surface area contributed by atoms with Crippen molar-refractivity contribution in [2.45, 2.75) is 14.9 Å². The molecule has 0 fully saturated rings. The minimum absolute atomic E-state index is 0. The van der Waals surface area contributed by atoms with Crippen LogP contribution in [0.1, 0.15) is 13.3 Å². The first-order valence-electron chi connectivity index (χ1n) is 2.85. The Kier molecular flexibility index (Phi) is 9.58. The SMILES string of the molecule is CC(CCN)C(N)(I)I.[Pt+2]. The van der Waals surface area contributed by atoms with Crippen LogP contribution in [0.25, 0.3) is 0 Å². The van der Waals surface area contributed by atoms with Crippen molar-refractivity contribution in [2.75, 3.05) is 6.54 Å². The summed E-state index contributed by atoms with van der Waals surface area (Å²) in [7, 11) is 0. The van der Waals surface area contributed by atoms with Crippen LogP contribution >= 0.6 is 45.2 Å². The van der Waals surface area contributed by atoms with Crippen molar-refractivity contribution >= 4 is 45.2 Å². The van der Waals surface area contributed by atoms with Crippen molar-refractivity contribution in [3.63, 3.8) is 0 Å². The van der Waals surface area contributed by atoms with Crippen LogP contribution in [0.2, 0.25) is 0 Å². The molecule has 1 atom stereocenters. The predicted octanol–water partition coefficient (Wildman–Crippen LogP) is 1.45. The van der Waals surface area contributed by atoms with E-state index in [4.69, 9.17) is 11.5 Å². The van der Waals surface area contributed by atoms with E-state index >= 15 is 0 Å². The second-order valence-corrected chi connectivity index (χ2v) is 7.79. The number of halogens is 2. The molecule has 0 aromatic rings. The van der Waals surface area contributed by atoms with Gasteiger partial charge in [-0.05, 0) is 64.1 Å². The van der Waals surface area contributed by atoms with E-state index < -0.39 is 0 Å². The van der Waals surface area contributed by atoms with Gasteiger partial charge < -0.3 is 11.5 Å². The quantitative estimate of drug-likeness (QED) is 0.319. The summed E-state index contributed by atoms with van der Waals surface area (Å²) in [5.74, 6) is 0.490. The van der Waals surface area contributed by atoms with Gasteiger partial charge in [-0.2, -0.15) is 0 Å². The molecule has 4 N–H and O–H groups in total. The summed E-state index contributed by atoms with van der Waals surface area (Å²) in [5.41, 5.74) is 11.1. The number of hydrogen-bond donors (Lipinski definition) is 2. The van der Waals surface area contributed by atoms with E-state index in [9.17, 15) is 0 Å². The Balaban J connectivity index is 0. The molecule has 0 aromatic heterocycles. The topological polar surface area (TPSA) is 52.0 Å². The van der Waals surface area contributed by atoms with E-state index in [1.807, 2.05) is 0 Å². The van der Waals surface area contributed by atoms with Gasteiger partial charge in [-0.15, -0.1) is 0 Å². The standard InChI is InChI=1S/C5H12I2N2.Pt/c1-4(2-3-8)5(6,7)9;/h4H,2-3,8-9H2,1H3;/q;+2. The predicted molar refractivity (Wildman–Crippen MR) is 57.8 cm³/mol. The maximum absolute atomic E-state index is 5.78. The molecule has 0 saturated carbocycles. The summed E-state index contributed by atoms with van der Waals surface area (Å²) in [6.07, 6.45) is 1.00. The molecule has 10 heavy (non-hydrogen) atoms. The number of nitrogens with two attached hydrogens (primary N) is 2. The molecule has 0 saturated heterocycles. The van der Waals surface area contributed by atoms with E-state index in [0.29, 0.717) is 5.92 Å². The summed E-state index contributed by atoms with van der Waals surface area (Å²) in [4.78, 5) is 0. The van der Waals surface area contributed by atoms with Crippen LogP contribution in [0.15, 0.2) is 0 Å². The molecule has 0 amide bonds. The molecule has 0 aromatic carbocycles. The average Bonchev–Trinajstić information content (AvgIpc) is 1.64. The Morgan fingerprint density at radius 2 is 1.90 bits per heavy atom. The van der Waals surface area contributed by atoms with E-state index in [2.05, 4.69) is 52.1 Å². The van der Waals surface area contributed by atoms with Crippen LogP contribution < -0.4 is 11.5 Å². The molecule has 0 aliphatic rings. The van der Waals surface area contributed by atoms with E-state index in [1.54, 1.807) is 0 Å². The molecule has 2 nitrogen and oxygen atoms in total. The molecule has 0 spiro atoms. The first-order chi connectivity index (χ1) is 3.98. The van der Waals surface area contributed by atoms with Gasteiger partial charge in [0, 0.05) is 0 Å². The fraction of sp³-hybridized carbons (Fsp3) is 1.00. The van der Waals surface area contributed by atoms with Crippen LogP contribution in [-0.4, -0.2) is 8.10 Å². The van der Waals surface area contributed by atoms with Crippen molar-refractivity contribution in [3.05, 3.63) is 0 Å². The van der Waals surface area contributed by atoms with Gasteiger partial charge in [0.2, 0.25) is 0 Å². The zero-order valence-electron chi connectivity index (χ0n) is 5.72. The van der Waals surface area contributed by atoms with E-state index in [1.165, 1.54) is 0 Å². The van der Waals surface area contributed by atoms with Gasteiger partial charge in [-0.3, -0.25) is 0 Å². The Bertz CT molecular complexity index is 84.2. The van der Waals surface area contributed by atoms with Gasteiger partial charge in [0.25, 0.3) is 0 Å². The Morgan fingerprint density at radius 1 is 1.50 bits per heavy atom. The summed E-state index contributed by atoms with van der Waals surface area (Å²) >= 11 is 4.47. The van der Waals surface area contributed by atoms with E-state index in [0.717, 1.165) is 13.0 Å². The third-order valence-corrected chi connectivity index (χ3v) is 3.38. The summed E-state index contributed by atoms with van der Waals surface area (Å²) in [5, 5.41) is 0. The van der Waals surface area contributed by atoms with Crippen LogP contribution in [0.4, 0.5) is 0 Å². The molecule has 0 aliphatic heterocycles. The molecule has 5 heteroatoms. The first-order valence-corrected chi connectivity index (χ1v) is 5.01. The molecule has 0 heterocycles. The van der Waals surface area contributed by atoms with Crippen molar-refractivity contribution in [3.8, 4) is 0 Å². The molecule has 0 radical (unpaired) electrons. The smallest absolute Gasteiger partial charge is 0.330 e. The van der Waals surface area contributed by atoms with Gasteiger partial charge in [0.15, 0.2) is 0 Å². The van der Waals surface area contributed by atoms with Crippen molar-refractivity contribution in [1.82, 2.24) is 0 Å². The Labute approximate surface area is 104 Å². The van der Waals surface area contributed by atoms with Crippen LogP contribution in [-0.2, 0) is 21.1 Å². The third kappa shape index (κ3) is 6.76. The van der Waals surface area contributed by atoms with Crippen LogP contribution in [0.3, 0.4) is 0 Å². The van der Waals surface area contributed by atoms with Gasteiger partial charge in [0.1, 0.15) is 1.55 Å². The molecule has 0 rings (SSSR count). The third-order valence-electron chi connectivity index (χ3n) is 1.26. The zero-order chi connectivity index (χ0) is 7.49. The largest absolute Gasteiger partial charge is 2.00 e. The molecule has 0 bridgehead atoms. The summed E-state index contributed by atoms with van der Waals surface area (Å²) < 4.78 is -0.130. The van der Waals surface area contributed by atoms with Crippen LogP contribution in [0, 0.1) is 5.92 Å². The zero-order valence-corrected chi connectivity index (χ0v) is 12.3. The van der Waals surface area contributed by atoms with Gasteiger partial charge >= 0.3 is 21.1 Å². The molecule has 0 aliphatic carbocycles. The molecule has 1 unspecified atom stereocenters. The van der Waals surface area contributed by atoms with Crippen LogP contribution in [0.5, 0.6) is 0 Å². The minimum atomic E-state index is -0.130. The van der Waals surface area contributed by atoms with Gasteiger partial charge in [-0.1, -0.05) is 6.92 Å². The molecular weight excluding hydrogens is 537 g/mol. The average molecular weight is 549 g/mol. The van der Waals surface area contributed by atoms with Crippen molar-refractivity contribution in [2.24, 2.45) is 17.4 Å². The van der Waals surface area contributed by atoms with Gasteiger partial charge in [0.05, 0.1) is 0 Å². The first kappa shape index (κ1) is 14.6. The number of rotatable bonds is 3. The summed E-state index contributed by atoms with van der Waals surface area (Å²) in [6, 6.07) is 0. The molecular formula is C5H12I2N2Pt+2. The van der Waals surface area contributed by atoms with Crippen molar-refractivity contribution < 1.29 is 21.1 Å². The fourth-order valence-electron chi connectivity index (χ4n) is 0.442. The maximum Gasteiger partial charge on any atom is 2.00 e. The van der Waals surface area contributed by atoms with Gasteiger partial charge in [-0.25, -0.2) is 0 Å². The van der Waals surface area contributed by atoms with Crippen molar-refractivity contribution in [1.29, 1.82) is 0 Å². The van der Waals surface area contributed by atoms with E-state index in [-0.39, 0.29) is 22.6 Å². The normalized spacial score (nSPS) is 14.1. The second-order valence-electron chi connectivity index (χ2n) is 2.15. The molecule has 64 valence electrons. The fourth-order valence-corrected chi connectivity index (χ4v) is 1.07. The second kappa shape index (κ2) is 6.57.